The highest BCUT2D eigenvalue weighted by molar-refractivity contribution is 7.89. The van der Waals surface area contributed by atoms with Gasteiger partial charge in [-0.05, 0) is 26.1 Å². The molecule has 0 aromatic heterocycles. The topological polar surface area (TPSA) is 79.0 Å². The van der Waals surface area contributed by atoms with Crippen molar-refractivity contribution >= 4 is 21.6 Å². The number of nitrogens with one attached hydrogen (secondary N) is 1. The molecule has 0 bridgehead atoms. The van der Waals surface area contributed by atoms with Gasteiger partial charge in [0.1, 0.15) is 5.75 Å². The van der Waals surface area contributed by atoms with E-state index >= 15 is 0 Å². The molecule has 1 amide bonds. The zero-order valence-corrected chi connectivity index (χ0v) is 13.4. The molecule has 3 rings (SSSR count). The lowest BCUT2D eigenvalue weighted by molar-refractivity contribution is -0.122. The van der Waals surface area contributed by atoms with E-state index in [-0.39, 0.29) is 10.8 Å². The van der Waals surface area contributed by atoms with E-state index in [9.17, 15) is 13.2 Å². The van der Waals surface area contributed by atoms with E-state index in [1.54, 1.807) is 13.0 Å². The quantitative estimate of drug-likeness (QED) is 0.848. The number of ether oxygens (including phenoxy) is 1. The van der Waals surface area contributed by atoms with Crippen LogP contribution in [-0.4, -0.2) is 62.9 Å². The van der Waals surface area contributed by atoms with Crippen LogP contribution in [0.25, 0.3) is 0 Å². The van der Waals surface area contributed by atoms with Crippen molar-refractivity contribution in [2.45, 2.75) is 17.9 Å². The zero-order chi connectivity index (χ0) is 15.9. The first-order chi connectivity index (χ1) is 10.4. The summed E-state index contributed by atoms with van der Waals surface area (Å²) in [5, 5.41) is 2.69. The van der Waals surface area contributed by atoms with Crippen LogP contribution in [0.2, 0.25) is 0 Å². The van der Waals surface area contributed by atoms with Gasteiger partial charge < -0.3 is 15.0 Å². The summed E-state index contributed by atoms with van der Waals surface area (Å²) >= 11 is 0. The smallest absolute Gasteiger partial charge is 0.265 e. The van der Waals surface area contributed by atoms with Crippen LogP contribution in [-0.2, 0) is 14.8 Å². The first kappa shape index (κ1) is 15.3. The van der Waals surface area contributed by atoms with Crippen LogP contribution in [0.3, 0.4) is 0 Å². The molecule has 7 nitrogen and oxygen atoms in total. The van der Waals surface area contributed by atoms with Crippen LogP contribution in [0.1, 0.15) is 6.92 Å². The van der Waals surface area contributed by atoms with Gasteiger partial charge in [-0.15, -0.1) is 0 Å². The van der Waals surface area contributed by atoms with Gasteiger partial charge >= 0.3 is 0 Å². The normalized spacial score (nSPS) is 23.5. The summed E-state index contributed by atoms with van der Waals surface area (Å²) in [6.45, 7) is 4.01. The minimum atomic E-state index is -3.54. The number of carbonyl (C=O) groups is 1. The molecule has 2 aliphatic rings. The highest BCUT2D eigenvalue weighted by Crippen LogP contribution is 2.33. The van der Waals surface area contributed by atoms with Crippen molar-refractivity contribution in [2.75, 3.05) is 38.5 Å². The van der Waals surface area contributed by atoms with Crippen molar-refractivity contribution < 1.29 is 17.9 Å². The summed E-state index contributed by atoms with van der Waals surface area (Å²) in [5.41, 5.74) is 0.500. The maximum absolute atomic E-state index is 12.7. The average Bonchev–Trinajstić information content (AvgIpc) is 2.48. The van der Waals surface area contributed by atoms with E-state index in [0.717, 1.165) is 0 Å². The lowest BCUT2D eigenvalue weighted by Crippen LogP contribution is -2.47. The molecule has 0 radical (unpaired) electrons. The zero-order valence-electron chi connectivity index (χ0n) is 12.6. The maximum Gasteiger partial charge on any atom is 0.265 e. The highest BCUT2D eigenvalue weighted by atomic mass is 32.2. The molecule has 22 heavy (non-hydrogen) atoms. The number of carbonyl (C=O) groups excluding carboxylic acids is 1. The Hall–Kier alpha value is -1.64. The Bertz CT molecular complexity index is 696. The van der Waals surface area contributed by atoms with Gasteiger partial charge in [0, 0.05) is 32.2 Å². The Morgan fingerprint density at radius 1 is 1.23 bits per heavy atom. The van der Waals surface area contributed by atoms with E-state index < -0.39 is 16.1 Å². The fraction of sp³-hybridized carbons (Fsp3) is 0.500. The number of likely N-dealkylation sites (N-methyl/N-ethyl adjacent to an activating group) is 1. The number of fused-ring (bicyclic) bond motifs is 1. The summed E-state index contributed by atoms with van der Waals surface area (Å²) in [6.07, 6.45) is -0.630. The number of nitrogens with zero attached hydrogens (tertiary/aromatic N) is 2. The van der Waals surface area contributed by atoms with Gasteiger partial charge in [0.2, 0.25) is 10.0 Å². The first-order valence-electron chi connectivity index (χ1n) is 7.18. The molecule has 1 aromatic carbocycles. The Kier molecular flexibility index (Phi) is 3.84. The Morgan fingerprint density at radius 2 is 1.91 bits per heavy atom. The summed E-state index contributed by atoms with van der Waals surface area (Å²) in [7, 11) is -1.56. The number of benzene rings is 1. The minimum absolute atomic E-state index is 0.194. The third kappa shape index (κ3) is 2.69. The maximum atomic E-state index is 12.7. The summed E-state index contributed by atoms with van der Waals surface area (Å²) < 4.78 is 32.3. The molecule has 0 saturated carbocycles. The summed E-state index contributed by atoms with van der Waals surface area (Å²) in [5.74, 6) is 0.157. The fourth-order valence-electron chi connectivity index (χ4n) is 2.52. The largest absolute Gasteiger partial charge is 0.479 e. The molecule has 2 aliphatic heterocycles. The predicted octanol–water partition coefficient (Wildman–Crippen LogP) is 0.342. The Labute approximate surface area is 129 Å². The number of anilines is 1. The molecule has 1 aromatic rings. The molecule has 1 fully saturated rings. The van der Waals surface area contributed by atoms with E-state index in [4.69, 9.17) is 4.74 Å². The molecule has 1 N–H and O–H groups in total. The number of hydrogen-bond acceptors (Lipinski definition) is 5. The second-order valence-electron chi connectivity index (χ2n) is 5.61. The van der Waals surface area contributed by atoms with Crippen LogP contribution in [0.5, 0.6) is 5.75 Å². The third-order valence-corrected chi connectivity index (χ3v) is 5.88. The van der Waals surface area contributed by atoms with Crippen molar-refractivity contribution in [1.82, 2.24) is 9.21 Å². The van der Waals surface area contributed by atoms with Gasteiger partial charge in [0.25, 0.3) is 5.91 Å². The van der Waals surface area contributed by atoms with E-state index in [2.05, 4.69) is 10.2 Å². The van der Waals surface area contributed by atoms with Gasteiger partial charge in [-0.3, -0.25) is 4.79 Å². The van der Waals surface area contributed by atoms with Crippen LogP contribution in [0, 0.1) is 0 Å². The van der Waals surface area contributed by atoms with Crippen LogP contribution < -0.4 is 10.1 Å². The molecule has 2 heterocycles. The number of piperazine rings is 1. The SMILES string of the molecule is C[C@@H]1Oc2cc(S(=O)(=O)N3CCN(C)CC3)ccc2NC1=O. The van der Waals surface area contributed by atoms with Crippen molar-refractivity contribution in [2.24, 2.45) is 0 Å². The highest BCUT2D eigenvalue weighted by Gasteiger charge is 2.30. The predicted molar refractivity (Wildman–Crippen MR) is 81.4 cm³/mol. The number of rotatable bonds is 2. The minimum Gasteiger partial charge on any atom is -0.479 e. The van der Waals surface area contributed by atoms with Crippen LogP contribution >= 0.6 is 0 Å². The van der Waals surface area contributed by atoms with Crippen LogP contribution in [0.15, 0.2) is 23.1 Å². The molecule has 1 saturated heterocycles. The van der Waals surface area contributed by atoms with Crippen molar-refractivity contribution in [3.63, 3.8) is 0 Å². The van der Waals surface area contributed by atoms with E-state index in [1.165, 1.54) is 16.4 Å². The van der Waals surface area contributed by atoms with Crippen molar-refractivity contribution in [3.05, 3.63) is 18.2 Å². The molecule has 120 valence electrons. The monoisotopic (exact) mass is 325 g/mol. The Balaban J connectivity index is 1.89. The number of amides is 1. The molecule has 0 spiro atoms. The number of sulfonamides is 1. The summed E-state index contributed by atoms with van der Waals surface area (Å²) in [4.78, 5) is 13.8. The molecule has 0 aliphatic carbocycles. The van der Waals surface area contributed by atoms with Crippen molar-refractivity contribution in [1.29, 1.82) is 0 Å². The second-order valence-corrected chi connectivity index (χ2v) is 7.55. The second kappa shape index (κ2) is 5.53. The van der Waals surface area contributed by atoms with Crippen molar-refractivity contribution in [3.8, 4) is 5.75 Å². The average molecular weight is 325 g/mol. The molecular formula is C14H19N3O4S. The number of hydrogen-bond donors (Lipinski definition) is 1. The fourth-order valence-corrected chi connectivity index (χ4v) is 3.96. The summed E-state index contributed by atoms with van der Waals surface area (Å²) in [6, 6.07) is 4.56. The van der Waals surface area contributed by atoms with Gasteiger partial charge in [0.05, 0.1) is 10.6 Å². The lowest BCUT2D eigenvalue weighted by Gasteiger charge is -2.32. The molecule has 1 atom stereocenters. The van der Waals surface area contributed by atoms with Gasteiger partial charge in [-0.2, -0.15) is 4.31 Å². The van der Waals surface area contributed by atoms with Gasteiger partial charge in [0.15, 0.2) is 6.10 Å². The Morgan fingerprint density at radius 3 is 2.59 bits per heavy atom. The van der Waals surface area contributed by atoms with E-state index in [0.29, 0.717) is 37.6 Å². The van der Waals surface area contributed by atoms with Gasteiger partial charge in [-0.1, -0.05) is 0 Å². The van der Waals surface area contributed by atoms with Gasteiger partial charge in [-0.25, -0.2) is 8.42 Å². The van der Waals surface area contributed by atoms with Crippen LogP contribution in [0.4, 0.5) is 5.69 Å². The molecule has 8 heteroatoms. The van der Waals surface area contributed by atoms with E-state index in [1.807, 2.05) is 7.05 Å². The standard InChI is InChI=1S/C14H19N3O4S/c1-10-14(18)15-12-4-3-11(9-13(12)21-10)22(19,20)17-7-5-16(2)6-8-17/h3-4,9-10H,5-8H2,1-2H3,(H,15,18)/t10-/m0/s1. The third-order valence-electron chi connectivity index (χ3n) is 3.98. The lowest BCUT2D eigenvalue weighted by atomic mass is 10.2. The molecular weight excluding hydrogens is 306 g/mol. The first-order valence-corrected chi connectivity index (χ1v) is 8.62. The molecule has 0 unspecified atom stereocenters.